The van der Waals surface area contributed by atoms with Crippen LogP contribution >= 0.6 is 0 Å². The van der Waals surface area contributed by atoms with Gasteiger partial charge in [-0.25, -0.2) is 0 Å². The van der Waals surface area contributed by atoms with Crippen molar-refractivity contribution in [3.8, 4) is 0 Å². The lowest BCUT2D eigenvalue weighted by Crippen LogP contribution is -2.41. The second kappa shape index (κ2) is 6.85. The van der Waals surface area contributed by atoms with Crippen LogP contribution < -0.4 is 5.32 Å². The molecule has 18 heavy (non-hydrogen) atoms. The first kappa shape index (κ1) is 15.1. The molecular weight excluding hydrogens is 226 g/mol. The lowest BCUT2D eigenvalue weighted by atomic mass is 10.2. The summed E-state index contributed by atoms with van der Waals surface area (Å²) in [6.07, 6.45) is 0. The van der Waals surface area contributed by atoms with Gasteiger partial charge in [0.2, 0.25) is 0 Å². The largest absolute Gasteiger partial charge is 0.317 e. The highest BCUT2D eigenvalue weighted by Crippen LogP contribution is 2.03. The van der Waals surface area contributed by atoms with Crippen molar-refractivity contribution in [2.45, 2.75) is 53.2 Å². The fourth-order valence-electron chi connectivity index (χ4n) is 2.13. The van der Waals surface area contributed by atoms with E-state index in [9.17, 15) is 0 Å². The van der Waals surface area contributed by atoms with E-state index < -0.39 is 0 Å². The van der Waals surface area contributed by atoms with Crippen molar-refractivity contribution in [3.05, 3.63) is 11.6 Å². The number of hydrogen-bond donors (Lipinski definition) is 1. The average Bonchev–Trinajstić information content (AvgIpc) is 2.59. The molecule has 0 saturated heterocycles. The zero-order valence-electron chi connectivity index (χ0n) is 12.6. The van der Waals surface area contributed by atoms with E-state index in [-0.39, 0.29) is 0 Å². The third-order valence-electron chi connectivity index (χ3n) is 3.34. The molecule has 0 spiro atoms. The molecule has 5 nitrogen and oxygen atoms in total. The number of hydrogen-bond acceptors (Lipinski definition) is 4. The Balaban J connectivity index is 2.32. The van der Waals surface area contributed by atoms with Crippen molar-refractivity contribution in [3.63, 3.8) is 0 Å². The number of nitrogens with one attached hydrogen (secondary N) is 1. The second-order valence-electron chi connectivity index (χ2n) is 5.32. The van der Waals surface area contributed by atoms with Gasteiger partial charge in [-0.15, -0.1) is 10.2 Å². The van der Waals surface area contributed by atoms with Crippen LogP contribution in [0.15, 0.2) is 0 Å². The van der Waals surface area contributed by atoms with E-state index >= 15 is 0 Å². The molecule has 1 heterocycles. The van der Waals surface area contributed by atoms with E-state index in [4.69, 9.17) is 0 Å². The first-order valence-electron chi connectivity index (χ1n) is 6.74. The number of rotatable bonds is 7. The summed E-state index contributed by atoms with van der Waals surface area (Å²) in [7, 11) is 2.00. The highest BCUT2D eigenvalue weighted by atomic mass is 15.3. The molecule has 5 heteroatoms. The second-order valence-corrected chi connectivity index (χ2v) is 5.32. The predicted octanol–water partition coefficient (Wildman–Crippen LogP) is 1.33. The van der Waals surface area contributed by atoms with Crippen LogP contribution in [0.4, 0.5) is 0 Å². The quantitative estimate of drug-likeness (QED) is 0.745. The van der Waals surface area contributed by atoms with Gasteiger partial charge < -0.3 is 9.88 Å². The molecule has 104 valence electrons. The minimum absolute atomic E-state index is 0.587. The van der Waals surface area contributed by atoms with Crippen molar-refractivity contribution in [2.24, 2.45) is 7.05 Å². The third kappa shape index (κ3) is 4.07. The third-order valence-corrected chi connectivity index (χ3v) is 3.34. The van der Waals surface area contributed by atoms with Gasteiger partial charge in [-0.1, -0.05) is 0 Å². The normalized spacial score (nSPS) is 12.1. The van der Waals surface area contributed by atoms with Gasteiger partial charge in [0, 0.05) is 32.2 Å². The summed E-state index contributed by atoms with van der Waals surface area (Å²) in [6, 6.07) is 1.17. The lowest BCUT2D eigenvalue weighted by molar-refractivity contribution is 0.175. The molecule has 0 aliphatic heterocycles. The summed E-state index contributed by atoms with van der Waals surface area (Å²) in [5.74, 6) is 1.95. The van der Waals surface area contributed by atoms with E-state index in [1.165, 1.54) is 0 Å². The van der Waals surface area contributed by atoms with Gasteiger partial charge in [0.15, 0.2) is 0 Å². The molecule has 0 fully saturated rings. The minimum Gasteiger partial charge on any atom is -0.317 e. The Bertz CT molecular complexity index is 348. The lowest BCUT2D eigenvalue weighted by Gasteiger charge is -2.30. The van der Waals surface area contributed by atoms with Gasteiger partial charge in [0.25, 0.3) is 0 Å². The van der Waals surface area contributed by atoms with Gasteiger partial charge in [0.1, 0.15) is 11.6 Å². The Morgan fingerprint density at radius 2 is 1.78 bits per heavy atom. The van der Waals surface area contributed by atoms with E-state index in [0.717, 1.165) is 31.3 Å². The monoisotopic (exact) mass is 253 g/mol. The van der Waals surface area contributed by atoms with Crippen LogP contribution in [0.1, 0.15) is 39.3 Å². The Kier molecular flexibility index (Phi) is 5.75. The molecule has 1 aromatic heterocycles. The van der Waals surface area contributed by atoms with Crippen LogP contribution in [0.2, 0.25) is 0 Å². The maximum Gasteiger partial charge on any atom is 0.146 e. The number of nitrogens with zero attached hydrogens (tertiary/aromatic N) is 4. The molecule has 0 unspecified atom stereocenters. The summed E-state index contributed by atoms with van der Waals surface area (Å²) >= 11 is 0. The van der Waals surface area contributed by atoms with Gasteiger partial charge in [-0.3, -0.25) is 4.90 Å². The van der Waals surface area contributed by atoms with Gasteiger partial charge in [0.05, 0.1) is 6.54 Å². The fraction of sp³-hybridized carbons (Fsp3) is 0.846. The van der Waals surface area contributed by atoms with Gasteiger partial charge >= 0.3 is 0 Å². The van der Waals surface area contributed by atoms with Crippen molar-refractivity contribution >= 4 is 0 Å². The predicted molar refractivity (Wildman–Crippen MR) is 74.4 cm³/mol. The smallest absolute Gasteiger partial charge is 0.146 e. The number of aromatic nitrogens is 3. The molecular formula is C13H27N5. The van der Waals surface area contributed by atoms with Crippen molar-refractivity contribution < 1.29 is 0 Å². The van der Waals surface area contributed by atoms with E-state index in [1.54, 1.807) is 0 Å². The van der Waals surface area contributed by atoms with Crippen LogP contribution in [0.3, 0.4) is 0 Å². The van der Waals surface area contributed by atoms with E-state index in [2.05, 4.69) is 48.1 Å². The first-order chi connectivity index (χ1) is 8.43. The fourth-order valence-corrected chi connectivity index (χ4v) is 2.13. The van der Waals surface area contributed by atoms with Crippen LogP contribution in [0.5, 0.6) is 0 Å². The van der Waals surface area contributed by atoms with Gasteiger partial charge in [-0.05, 0) is 34.6 Å². The maximum atomic E-state index is 4.14. The summed E-state index contributed by atoms with van der Waals surface area (Å²) < 4.78 is 2.02. The van der Waals surface area contributed by atoms with E-state index in [0.29, 0.717) is 12.1 Å². The topological polar surface area (TPSA) is 46.0 Å². The van der Waals surface area contributed by atoms with Crippen LogP contribution in [0.25, 0.3) is 0 Å². The SMILES string of the molecule is Cc1nnc(CNCCN(C(C)C)C(C)C)n1C. The molecule has 0 aromatic carbocycles. The zero-order valence-corrected chi connectivity index (χ0v) is 12.6. The summed E-state index contributed by atoms with van der Waals surface area (Å²) in [5, 5.41) is 11.6. The molecule has 0 bridgehead atoms. The van der Waals surface area contributed by atoms with Crippen molar-refractivity contribution in [1.82, 2.24) is 25.0 Å². The highest BCUT2D eigenvalue weighted by molar-refractivity contribution is 4.91. The summed E-state index contributed by atoms with van der Waals surface area (Å²) in [6.45, 7) is 13.8. The Morgan fingerprint density at radius 1 is 1.17 bits per heavy atom. The molecule has 0 aliphatic carbocycles. The van der Waals surface area contributed by atoms with Crippen molar-refractivity contribution in [1.29, 1.82) is 0 Å². The molecule has 1 aromatic rings. The van der Waals surface area contributed by atoms with Crippen molar-refractivity contribution in [2.75, 3.05) is 13.1 Å². The minimum atomic E-state index is 0.587. The maximum absolute atomic E-state index is 4.14. The molecule has 0 aliphatic rings. The first-order valence-corrected chi connectivity index (χ1v) is 6.74. The van der Waals surface area contributed by atoms with Gasteiger partial charge in [-0.2, -0.15) is 0 Å². The zero-order chi connectivity index (χ0) is 13.7. The molecule has 0 radical (unpaired) electrons. The van der Waals surface area contributed by atoms with Crippen LogP contribution in [-0.4, -0.2) is 44.8 Å². The molecule has 1 rings (SSSR count). The molecule has 0 amide bonds. The highest BCUT2D eigenvalue weighted by Gasteiger charge is 2.12. The summed E-state index contributed by atoms with van der Waals surface area (Å²) in [5.41, 5.74) is 0. The Morgan fingerprint density at radius 3 is 2.22 bits per heavy atom. The molecule has 0 saturated carbocycles. The molecule has 0 atom stereocenters. The average molecular weight is 253 g/mol. The van der Waals surface area contributed by atoms with Crippen LogP contribution in [-0.2, 0) is 13.6 Å². The summed E-state index contributed by atoms with van der Waals surface area (Å²) in [4.78, 5) is 2.48. The van der Waals surface area contributed by atoms with Crippen LogP contribution in [0, 0.1) is 6.92 Å². The molecule has 1 N–H and O–H groups in total. The van der Waals surface area contributed by atoms with E-state index in [1.807, 2.05) is 18.5 Å². The Labute approximate surface area is 111 Å². The standard InChI is InChI=1S/C13H27N5/c1-10(2)18(11(3)4)8-7-14-9-13-16-15-12(5)17(13)6/h10-11,14H,7-9H2,1-6H3. The number of aryl methyl sites for hydroxylation is 1. The Hall–Kier alpha value is -0.940.